The molecule has 2 rings (SSSR count). The monoisotopic (exact) mass is 249 g/mol. The topological polar surface area (TPSA) is 3.24 Å². The Morgan fingerprint density at radius 2 is 2.00 bits per heavy atom. The fourth-order valence-electron chi connectivity index (χ4n) is 2.70. The van der Waals surface area contributed by atoms with Gasteiger partial charge in [0.05, 0.1) is 0 Å². The van der Waals surface area contributed by atoms with Gasteiger partial charge in [-0.1, -0.05) is 37.3 Å². The quantitative estimate of drug-likeness (QED) is 0.797. The molecule has 0 radical (unpaired) electrons. The zero-order valence-electron chi connectivity index (χ0n) is 11.1. The molecule has 2 heteroatoms. The highest BCUT2D eigenvalue weighted by atomic mass is 32.2. The van der Waals surface area contributed by atoms with Crippen molar-refractivity contribution in [3.63, 3.8) is 0 Å². The van der Waals surface area contributed by atoms with Gasteiger partial charge in [0.25, 0.3) is 0 Å². The minimum atomic E-state index is 0.403. The van der Waals surface area contributed by atoms with Crippen LogP contribution in [-0.4, -0.2) is 28.5 Å². The van der Waals surface area contributed by atoms with Gasteiger partial charge in [-0.25, -0.2) is 0 Å². The molecule has 1 aromatic rings. The van der Waals surface area contributed by atoms with Crippen LogP contribution in [0.4, 0.5) is 0 Å². The summed E-state index contributed by atoms with van der Waals surface area (Å²) in [5.41, 5.74) is 1.47. The van der Waals surface area contributed by atoms with Crippen LogP contribution in [0.5, 0.6) is 0 Å². The number of hydrogen-bond donors (Lipinski definition) is 0. The summed E-state index contributed by atoms with van der Waals surface area (Å²) in [5, 5.41) is 0. The van der Waals surface area contributed by atoms with Gasteiger partial charge in [0, 0.05) is 29.6 Å². The van der Waals surface area contributed by atoms with E-state index < -0.39 is 0 Å². The summed E-state index contributed by atoms with van der Waals surface area (Å²) in [7, 11) is 0. The van der Waals surface area contributed by atoms with Gasteiger partial charge < -0.3 is 0 Å². The summed E-state index contributed by atoms with van der Waals surface area (Å²) >= 11 is 2.11. The van der Waals surface area contributed by atoms with Crippen LogP contribution >= 0.6 is 11.8 Å². The van der Waals surface area contributed by atoms with Crippen molar-refractivity contribution in [3.8, 4) is 0 Å². The van der Waals surface area contributed by atoms with Crippen molar-refractivity contribution in [2.75, 3.05) is 18.8 Å². The van der Waals surface area contributed by atoms with Gasteiger partial charge in [-0.05, 0) is 25.8 Å². The maximum Gasteiger partial charge on any atom is 0.0346 e. The smallest absolute Gasteiger partial charge is 0.0346 e. The highest BCUT2D eigenvalue weighted by Crippen LogP contribution is 2.35. The average Bonchev–Trinajstić information content (AvgIpc) is 2.30. The van der Waals surface area contributed by atoms with E-state index in [1.807, 2.05) is 0 Å². The lowest BCUT2D eigenvalue weighted by Crippen LogP contribution is -2.44. The minimum absolute atomic E-state index is 0.403. The van der Waals surface area contributed by atoms with Gasteiger partial charge in [0.2, 0.25) is 0 Å². The van der Waals surface area contributed by atoms with E-state index in [9.17, 15) is 0 Å². The van der Waals surface area contributed by atoms with E-state index in [-0.39, 0.29) is 0 Å². The molecule has 0 aromatic heterocycles. The zero-order valence-corrected chi connectivity index (χ0v) is 12.0. The van der Waals surface area contributed by atoms with Crippen molar-refractivity contribution in [1.29, 1.82) is 0 Å². The molecule has 1 atom stereocenters. The zero-order chi connectivity index (χ0) is 12.3. The molecule has 1 aliphatic heterocycles. The standard InChI is InChI=1S/C15H23NS/c1-4-14(13-8-6-5-7-9-13)16-10-11-17-15(2,3)12-16/h5-9,14H,4,10-12H2,1-3H3/t14-/m0/s1. The molecule has 0 unspecified atom stereocenters. The van der Waals surface area contributed by atoms with Crippen molar-refractivity contribution in [2.24, 2.45) is 0 Å². The summed E-state index contributed by atoms with van der Waals surface area (Å²) in [6.07, 6.45) is 1.20. The molecule has 1 nitrogen and oxygen atoms in total. The molecular formula is C15H23NS. The van der Waals surface area contributed by atoms with Crippen molar-refractivity contribution in [2.45, 2.75) is 38.0 Å². The summed E-state index contributed by atoms with van der Waals surface area (Å²) in [4.78, 5) is 2.66. The molecule has 17 heavy (non-hydrogen) atoms. The molecule has 94 valence electrons. The molecule has 1 fully saturated rings. The van der Waals surface area contributed by atoms with Crippen molar-refractivity contribution < 1.29 is 0 Å². The Morgan fingerprint density at radius 3 is 2.59 bits per heavy atom. The van der Waals surface area contributed by atoms with Crippen LogP contribution in [0.25, 0.3) is 0 Å². The Balaban J connectivity index is 2.13. The maximum absolute atomic E-state index is 2.66. The highest BCUT2D eigenvalue weighted by molar-refractivity contribution is 8.00. The third kappa shape index (κ3) is 3.26. The van der Waals surface area contributed by atoms with Gasteiger partial charge in [-0.3, -0.25) is 4.90 Å². The molecule has 1 heterocycles. The van der Waals surface area contributed by atoms with E-state index >= 15 is 0 Å². The van der Waals surface area contributed by atoms with E-state index in [1.165, 1.54) is 30.8 Å². The van der Waals surface area contributed by atoms with Gasteiger partial charge in [-0.2, -0.15) is 11.8 Å². The largest absolute Gasteiger partial charge is 0.294 e. The molecule has 1 aromatic carbocycles. The fourth-order valence-corrected chi connectivity index (χ4v) is 3.83. The predicted molar refractivity (Wildman–Crippen MR) is 77.6 cm³/mol. The second-order valence-corrected chi connectivity index (χ2v) is 7.22. The Morgan fingerprint density at radius 1 is 1.29 bits per heavy atom. The first-order valence-corrected chi connectivity index (χ1v) is 7.54. The van der Waals surface area contributed by atoms with Crippen LogP contribution in [0.1, 0.15) is 38.8 Å². The predicted octanol–water partition coefficient (Wildman–Crippen LogP) is 3.97. The molecule has 0 spiro atoms. The van der Waals surface area contributed by atoms with Gasteiger partial charge in [0.15, 0.2) is 0 Å². The SMILES string of the molecule is CC[C@@H](c1ccccc1)N1CCSC(C)(C)C1. The Kier molecular flexibility index (Phi) is 4.16. The van der Waals surface area contributed by atoms with Gasteiger partial charge in [0.1, 0.15) is 0 Å². The second-order valence-electron chi connectivity index (χ2n) is 5.41. The van der Waals surface area contributed by atoms with Crippen LogP contribution in [0.2, 0.25) is 0 Å². The van der Waals surface area contributed by atoms with Gasteiger partial charge in [-0.15, -0.1) is 0 Å². The molecule has 0 bridgehead atoms. The van der Waals surface area contributed by atoms with E-state index in [4.69, 9.17) is 0 Å². The normalized spacial score (nSPS) is 22.3. The first-order chi connectivity index (χ1) is 8.12. The van der Waals surface area contributed by atoms with E-state index in [1.54, 1.807) is 0 Å². The first-order valence-electron chi connectivity index (χ1n) is 6.55. The third-order valence-electron chi connectivity index (χ3n) is 3.47. The van der Waals surface area contributed by atoms with Crippen LogP contribution in [0.3, 0.4) is 0 Å². The number of nitrogens with zero attached hydrogens (tertiary/aromatic N) is 1. The number of benzene rings is 1. The summed E-state index contributed by atoms with van der Waals surface area (Å²) in [5.74, 6) is 1.26. The second kappa shape index (κ2) is 5.45. The van der Waals surface area contributed by atoms with E-state index in [2.05, 4.69) is 67.8 Å². The van der Waals surface area contributed by atoms with Crippen LogP contribution in [0, 0.1) is 0 Å². The third-order valence-corrected chi connectivity index (χ3v) is 4.76. The van der Waals surface area contributed by atoms with Crippen molar-refractivity contribution in [1.82, 2.24) is 4.90 Å². The number of rotatable bonds is 3. The first kappa shape index (κ1) is 13.0. The molecular weight excluding hydrogens is 226 g/mol. The summed E-state index contributed by atoms with van der Waals surface area (Å²) in [6, 6.07) is 11.5. The molecule has 0 aliphatic carbocycles. The summed E-state index contributed by atoms with van der Waals surface area (Å²) < 4.78 is 0.403. The lowest BCUT2D eigenvalue weighted by atomic mass is 10.0. The number of hydrogen-bond acceptors (Lipinski definition) is 2. The van der Waals surface area contributed by atoms with Gasteiger partial charge >= 0.3 is 0 Å². The lowest BCUT2D eigenvalue weighted by molar-refractivity contribution is 0.183. The lowest BCUT2D eigenvalue weighted by Gasteiger charge is -2.41. The Hall–Kier alpha value is -0.470. The highest BCUT2D eigenvalue weighted by Gasteiger charge is 2.30. The fraction of sp³-hybridized carbons (Fsp3) is 0.600. The maximum atomic E-state index is 2.66. The molecule has 1 aliphatic rings. The van der Waals surface area contributed by atoms with E-state index in [0.29, 0.717) is 10.8 Å². The Bertz CT molecular complexity index is 347. The molecule has 0 amide bonds. The van der Waals surface area contributed by atoms with Crippen LogP contribution < -0.4 is 0 Å². The van der Waals surface area contributed by atoms with Crippen LogP contribution in [0.15, 0.2) is 30.3 Å². The van der Waals surface area contributed by atoms with E-state index in [0.717, 1.165) is 0 Å². The summed E-state index contributed by atoms with van der Waals surface area (Å²) in [6.45, 7) is 9.45. The van der Waals surface area contributed by atoms with Crippen molar-refractivity contribution >= 4 is 11.8 Å². The molecule has 0 saturated carbocycles. The minimum Gasteiger partial charge on any atom is -0.294 e. The number of thioether (sulfide) groups is 1. The molecule has 0 N–H and O–H groups in total. The average molecular weight is 249 g/mol. The molecule has 1 saturated heterocycles. The van der Waals surface area contributed by atoms with Crippen LogP contribution in [-0.2, 0) is 0 Å². The van der Waals surface area contributed by atoms with Crippen molar-refractivity contribution in [3.05, 3.63) is 35.9 Å². The Labute approximate surface area is 110 Å².